The van der Waals surface area contributed by atoms with E-state index >= 15 is 0 Å². The first-order chi connectivity index (χ1) is 11.6. The van der Waals surface area contributed by atoms with Crippen LogP contribution in [0.5, 0.6) is 0 Å². The Balaban J connectivity index is 1.73. The van der Waals surface area contributed by atoms with Crippen LogP contribution in [0.3, 0.4) is 0 Å². The van der Waals surface area contributed by atoms with E-state index in [9.17, 15) is 4.79 Å². The second-order valence-electron chi connectivity index (χ2n) is 5.45. The molecule has 24 heavy (non-hydrogen) atoms. The van der Waals surface area contributed by atoms with E-state index in [1.807, 2.05) is 36.4 Å². The third-order valence-corrected chi connectivity index (χ3v) is 5.73. The number of aliphatic imine (C=N–C) groups is 1. The molecule has 1 atom stereocenters. The molecular formula is C18H16Cl2N2OS. The van der Waals surface area contributed by atoms with Gasteiger partial charge in [-0.05, 0) is 42.2 Å². The molecule has 124 valence electrons. The Kier molecular flexibility index (Phi) is 5.49. The lowest BCUT2D eigenvalue weighted by Crippen LogP contribution is -2.26. The summed E-state index contributed by atoms with van der Waals surface area (Å²) in [5, 5.41) is 4.21. The first-order valence-electron chi connectivity index (χ1n) is 7.65. The number of carbonyl (C=O) groups is 1. The molecule has 0 unspecified atom stereocenters. The zero-order valence-electron chi connectivity index (χ0n) is 13.1. The zero-order valence-corrected chi connectivity index (χ0v) is 15.4. The smallest absolute Gasteiger partial charge is 0.239 e. The highest BCUT2D eigenvalue weighted by atomic mass is 35.5. The van der Waals surface area contributed by atoms with E-state index in [-0.39, 0.29) is 11.2 Å². The van der Waals surface area contributed by atoms with Crippen molar-refractivity contribution in [2.45, 2.75) is 25.0 Å². The number of rotatable bonds is 4. The van der Waals surface area contributed by atoms with Gasteiger partial charge in [-0.2, -0.15) is 0 Å². The summed E-state index contributed by atoms with van der Waals surface area (Å²) in [4.78, 5) is 16.7. The van der Waals surface area contributed by atoms with Crippen LogP contribution >= 0.6 is 35.0 Å². The molecule has 0 spiro atoms. The first-order valence-corrected chi connectivity index (χ1v) is 9.28. The Bertz CT molecular complexity index is 790. The number of benzene rings is 2. The summed E-state index contributed by atoms with van der Waals surface area (Å²) in [6, 6.07) is 13.5. The van der Waals surface area contributed by atoms with Crippen molar-refractivity contribution in [2.75, 3.05) is 0 Å². The third-order valence-electron chi connectivity index (χ3n) is 3.79. The number of nitrogens with one attached hydrogen (secondary N) is 1. The lowest BCUT2D eigenvalue weighted by atomic mass is 10.1. The summed E-state index contributed by atoms with van der Waals surface area (Å²) in [5.41, 5.74) is 2.96. The van der Waals surface area contributed by atoms with E-state index in [2.05, 4.69) is 17.2 Å². The Hall–Kier alpha value is -1.49. The normalized spacial score (nSPS) is 18.9. The van der Waals surface area contributed by atoms with E-state index in [1.54, 1.807) is 6.07 Å². The van der Waals surface area contributed by atoms with Crippen molar-refractivity contribution in [3.05, 3.63) is 63.6 Å². The minimum atomic E-state index is -0.255. The van der Waals surface area contributed by atoms with E-state index in [1.165, 1.54) is 17.3 Å². The molecule has 0 radical (unpaired) electrons. The zero-order chi connectivity index (χ0) is 17.1. The number of carbonyl (C=O) groups excluding carboxylic acids is 1. The second kappa shape index (κ2) is 7.60. The van der Waals surface area contributed by atoms with Crippen molar-refractivity contribution >= 4 is 51.7 Å². The Morgan fingerprint density at radius 2 is 1.92 bits per heavy atom. The van der Waals surface area contributed by atoms with E-state index in [0.29, 0.717) is 21.6 Å². The largest absolute Gasteiger partial charge is 0.304 e. The SMILES string of the molecule is CCc1ccc(N=C2NC(=O)[C@H](Cc3cccc(Cl)c3Cl)S2)cc1. The lowest BCUT2D eigenvalue weighted by molar-refractivity contribution is -0.118. The number of hydrogen-bond donors (Lipinski definition) is 1. The van der Waals surface area contributed by atoms with Crippen molar-refractivity contribution in [3.8, 4) is 0 Å². The standard InChI is InChI=1S/C18H16Cl2N2OS/c1-2-11-6-8-13(9-7-11)21-18-22-17(23)15(24-18)10-12-4-3-5-14(19)16(12)20/h3-9,15H,2,10H2,1H3,(H,21,22,23)/t15-/m0/s1. The van der Waals surface area contributed by atoms with Crippen LogP contribution in [0, 0.1) is 0 Å². The first kappa shape index (κ1) is 17.3. The molecule has 1 aliphatic heterocycles. The molecule has 1 aliphatic rings. The molecule has 1 saturated heterocycles. The Morgan fingerprint density at radius 3 is 2.62 bits per heavy atom. The molecule has 2 aromatic rings. The van der Waals surface area contributed by atoms with Gasteiger partial charge in [0.1, 0.15) is 0 Å². The summed E-state index contributed by atoms with van der Waals surface area (Å²) < 4.78 is 0. The highest BCUT2D eigenvalue weighted by molar-refractivity contribution is 8.15. The van der Waals surface area contributed by atoms with Gasteiger partial charge in [-0.25, -0.2) is 4.99 Å². The van der Waals surface area contributed by atoms with Gasteiger partial charge >= 0.3 is 0 Å². The van der Waals surface area contributed by atoms with Crippen LogP contribution in [-0.2, 0) is 17.6 Å². The molecule has 0 aliphatic carbocycles. The van der Waals surface area contributed by atoms with Gasteiger partial charge in [0.05, 0.1) is 21.0 Å². The molecule has 0 bridgehead atoms. The molecule has 3 rings (SSSR count). The molecule has 1 heterocycles. The molecule has 0 saturated carbocycles. The summed E-state index contributed by atoms with van der Waals surface area (Å²) in [7, 11) is 0. The minimum Gasteiger partial charge on any atom is -0.304 e. The van der Waals surface area contributed by atoms with Crippen LogP contribution in [-0.4, -0.2) is 16.3 Å². The molecule has 2 aromatic carbocycles. The van der Waals surface area contributed by atoms with Gasteiger partial charge in [0.15, 0.2) is 5.17 Å². The maximum atomic E-state index is 12.2. The molecule has 1 amide bonds. The molecule has 1 fully saturated rings. The predicted octanol–water partition coefficient (Wildman–Crippen LogP) is 5.02. The molecule has 0 aromatic heterocycles. The van der Waals surface area contributed by atoms with Crippen LogP contribution in [0.4, 0.5) is 5.69 Å². The van der Waals surface area contributed by atoms with Crippen LogP contribution in [0.15, 0.2) is 47.5 Å². The van der Waals surface area contributed by atoms with E-state index in [4.69, 9.17) is 23.2 Å². The summed E-state index contributed by atoms with van der Waals surface area (Å²) in [6.07, 6.45) is 1.51. The van der Waals surface area contributed by atoms with Gasteiger partial charge in [-0.3, -0.25) is 4.79 Å². The topological polar surface area (TPSA) is 41.5 Å². The number of aryl methyl sites for hydroxylation is 1. The number of nitrogens with zero attached hydrogens (tertiary/aromatic N) is 1. The quantitative estimate of drug-likeness (QED) is 0.811. The second-order valence-corrected chi connectivity index (χ2v) is 7.43. The number of hydrogen-bond acceptors (Lipinski definition) is 3. The van der Waals surface area contributed by atoms with Crippen molar-refractivity contribution in [2.24, 2.45) is 4.99 Å². The van der Waals surface area contributed by atoms with Gasteiger partial charge < -0.3 is 5.32 Å². The van der Waals surface area contributed by atoms with Crippen molar-refractivity contribution in [1.82, 2.24) is 5.32 Å². The Labute approximate surface area is 155 Å². The highest BCUT2D eigenvalue weighted by Gasteiger charge is 2.31. The maximum Gasteiger partial charge on any atom is 0.239 e. The number of amidine groups is 1. The fraction of sp³-hybridized carbons (Fsp3) is 0.222. The Morgan fingerprint density at radius 1 is 1.17 bits per heavy atom. The molecular weight excluding hydrogens is 363 g/mol. The maximum absolute atomic E-state index is 12.2. The average molecular weight is 379 g/mol. The van der Waals surface area contributed by atoms with E-state index < -0.39 is 0 Å². The van der Waals surface area contributed by atoms with Crippen LogP contribution in [0.1, 0.15) is 18.1 Å². The van der Waals surface area contributed by atoms with Gasteiger partial charge in [-0.15, -0.1) is 0 Å². The number of halogens is 2. The van der Waals surface area contributed by atoms with Crippen molar-refractivity contribution in [3.63, 3.8) is 0 Å². The molecule has 1 N–H and O–H groups in total. The third kappa shape index (κ3) is 3.94. The van der Waals surface area contributed by atoms with E-state index in [0.717, 1.165) is 17.7 Å². The summed E-state index contributed by atoms with van der Waals surface area (Å²) in [6.45, 7) is 2.11. The fourth-order valence-corrected chi connectivity index (χ4v) is 3.83. The van der Waals surface area contributed by atoms with Crippen LogP contribution in [0.2, 0.25) is 10.0 Å². The fourth-order valence-electron chi connectivity index (χ4n) is 2.42. The molecule has 3 nitrogen and oxygen atoms in total. The van der Waals surface area contributed by atoms with Crippen molar-refractivity contribution < 1.29 is 4.79 Å². The van der Waals surface area contributed by atoms with Crippen molar-refractivity contribution in [1.29, 1.82) is 0 Å². The average Bonchev–Trinajstić information content (AvgIpc) is 2.92. The summed E-state index contributed by atoms with van der Waals surface area (Å²) in [5.74, 6) is -0.0556. The number of thioether (sulfide) groups is 1. The number of amides is 1. The summed E-state index contributed by atoms with van der Waals surface area (Å²) >= 11 is 13.7. The van der Waals surface area contributed by atoms with Gasteiger partial charge in [0, 0.05) is 0 Å². The molecule has 6 heteroatoms. The predicted molar refractivity (Wildman–Crippen MR) is 103 cm³/mol. The van der Waals surface area contributed by atoms with Gasteiger partial charge in [0.2, 0.25) is 5.91 Å². The highest BCUT2D eigenvalue weighted by Crippen LogP contribution is 2.31. The monoisotopic (exact) mass is 378 g/mol. The van der Waals surface area contributed by atoms with Crippen LogP contribution in [0.25, 0.3) is 0 Å². The minimum absolute atomic E-state index is 0.0556. The van der Waals surface area contributed by atoms with Crippen LogP contribution < -0.4 is 5.32 Å². The van der Waals surface area contributed by atoms with Gasteiger partial charge in [-0.1, -0.05) is 66.2 Å². The van der Waals surface area contributed by atoms with Gasteiger partial charge in [0.25, 0.3) is 0 Å². The lowest BCUT2D eigenvalue weighted by Gasteiger charge is -2.08.